The van der Waals surface area contributed by atoms with Crippen molar-refractivity contribution in [3.05, 3.63) is 0 Å². The van der Waals surface area contributed by atoms with Gasteiger partial charge in [0.2, 0.25) is 0 Å². The standard InChI is InChI=1S/C19H36O4/c1-8-11-12-22-16(20)19(9-2,10-3)17(21)23-14-15(4)13-18(5,6)7/h15H,8-14H2,1-7H3. The zero-order chi connectivity index (χ0) is 18.1. The predicted molar refractivity (Wildman–Crippen MR) is 93.1 cm³/mol. The van der Waals surface area contributed by atoms with Crippen LogP contribution in [0.15, 0.2) is 0 Å². The Morgan fingerprint density at radius 1 is 0.957 bits per heavy atom. The van der Waals surface area contributed by atoms with Gasteiger partial charge in [-0.25, -0.2) is 0 Å². The van der Waals surface area contributed by atoms with E-state index in [9.17, 15) is 9.59 Å². The van der Waals surface area contributed by atoms with E-state index in [1.54, 1.807) is 0 Å². The lowest BCUT2D eigenvalue weighted by Crippen LogP contribution is -2.41. The van der Waals surface area contributed by atoms with Gasteiger partial charge in [-0.05, 0) is 37.0 Å². The minimum Gasteiger partial charge on any atom is -0.465 e. The molecule has 0 rings (SSSR count). The molecule has 0 bridgehead atoms. The molecule has 0 N–H and O–H groups in total. The fourth-order valence-corrected chi connectivity index (χ4v) is 2.82. The maximum absolute atomic E-state index is 12.5. The fraction of sp³-hybridized carbons (Fsp3) is 0.895. The Morgan fingerprint density at radius 3 is 1.91 bits per heavy atom. The summed E-state index contributed by atoms with van der Waals surface area (Å²) in [5.41, 5.74) is -0.966. The molecule has 4 nitrogen and oxygen atoms in total. The highest BCUT2D eigenvalue weighted by Crippen LogP contribution is 2.31. The normalized spacial score (nSPS) is 13.5. The van der Waals surface area contributed by atoms with Crippen LogP contribution in [0.1, 0.15) is 80.6 Å². The third-order valence-corrected chi connectivity index (χ3v) is 4.18. The second-order valence-corrected chi connectivity index (χ2v) is 7.75. The maximum Gasteiger partial charge on any atom is 0.323 e. The van der Waals surface area contributed by atoms with Gasteiger partial charge in [0.05, 0.1) is 13.2 Å². The summed E-state index contributed by atoms with van der Waals surface area (Å²) in [6.07, 6.45) is 3.54. The highest BCUT2D eigenvalue weighted by molar-refractivity contribution is 5.99. The zero-order valence-electron chi connectivity index (χ0n) is 16.2. The molecule has 1 atom stereocenters. The summed E-state index contributed by atoms with van der Waals surface area (Å²) >= 11 is 0. The number of esters is 2. The van der Waals surface area contributed by atoms with Crippen LogP contribution in [0.5, 0.6) is 0 Å². The Hall–Kier alpha value is -1.06. The van der Waals surface area contributed by atoms with Crippen molar-refractivity contribution in [2.75, 3.05) is 13.2 Å². The molecule has 0 aliphatic heterocycles. The van der Waals surface area contributed by atoms with Crippen molar-refractivity contribution >= 4 is 11.9 Å². The molecule has 0 amide bonds. The monoisotopic (exact) mass is 328 g/mol. The SMILES string of the molecule is CCCCOC(=O)C(CC)(CC)C(=O)OCC(C)CC(C)(C)C. The van der Waals surface area contributed by atoms with E-state index in [1.807, 2.05) is 20.8 Å². The summed E-state index contributed by atoms with van der Waals surface area (Å²) in [6.45, 7) is 15.0. The topological polar surface area (TPSA) is 52.6 Å². The minimum atomic E-state index is -1.16. The Kier molecular flexibility index (Phi) is 9.48. The highest BCUT2D eigenvalue weighted by Gasteiger charge is 2.46. The lowest BCUT2D eigenvalue weighted by Gasteiger charge is -2.28. The van der Waals surface area contributed by atoms with E-state index in [2.05, 4.69) is 27.7 Å². The van der Waals surface area contributed by atoms with Gasteiger partial charge in [0.1, 0.15) is 0 Å². The van der Waals surface area contributed by atoms with Crippen molar-refractivity contribution in [2.24, 2.45) is 16.7 Å². The molecule has 0 aliphatic carbocycles. The van der Waals surface area contributed by atoms with E-state index in [1.165, 1.54) is 0 Å². The maximum atomic E-state index is 12.5. The van der Waals surface area contributed by atoms with Gasteiger partial charge < -0.3 is 9.47 Å². The molecule has 0 aromatic heterocycles. The van der Waals surface area contributed by atoms with E-state index in [4.69, 9.17) is 9.47 Å². The molecule has 0 aromatic rings. The predicted octanol–water partition coefficient (Wildman–Crippen LogP) is 4.75. The largest absolute Gasteiger partial charge is 0.465 e. The molecule has 0 saturated heterocycles. The number of hydrogen-bond acceptors (Lipinski definition) is 4. The summed E-state index contributed by atoms with van der Waals surface area (Å²) in [6, 6.07) is 0. The number of carbonyl (C=O) groups is 2. The van der Waals surface area contributed by atoms with Gasteiger partial charge >= 0.3 is 11.9 Å². The first-order valence-corrected chi connectivity index (χ1v) is 8.97. The van der Waals surface area contributed by atoms with Gasteiger partial charge in [-0.15, -0.1) is 0 Å². The van der Waals surface area contributed by atoms with E-state index in [0.29, 0.717) is 26.1 Å². The van der Waals surface area contributed by atoms with E-state index in [-0.39, 0.29) is 11.3 Å². The molecule has 136 valence electrons. The molecule has 4 heteroatoms. The molecule has 1 unspecified atom stereocenters. The van der Waals surface area contributed by atoms with Crippen molar-refractivity contribution in [1.82, 2.24) is 0 Å². The van der Waals surface area contributed by atoms with Crippen LogP contribution in [0.25, 0.3) is 0 Å². The van der Waals surface area contributed by atoms with E-state index in [0.717, 1.165) is 19.3 Å². The van der Waals surface area contributed by atoms with Crippen LogP contribution in [-0.2, 0) is 19.1 Å². The lowest BCUT2D eigenvalue weighted by molar-refractivity contribution is -0.174. The molecule has 23 heavy (non-hydrogen) atoms. The second-order valence-electron chi connectivity index (χ2n) is 7.75. The van der Waals surface area contributed by atoms with Crippen molar-refractivity contribution in [2.45, 2.75) is 80.6 Å². The van der Waals surface area contributed by atoms with Gasteiger partial charge in [0.25, 0.3) is 0 Å². The van der Waals surface area contributed by atoms with Crippen molar-refractivity contribution in [1.29, 1.82) is 0 Å². The molecule has 0 fully saturated rings. The Morgan fingerprint density at radius 2 is 1.48 bits per heavy atom. The van der Waals surface area contributed by atoms with Crippen LogP contribution in [0.4, 0.5) is 0 Å². The number of ether oxygens (including phenoxy) is 2. The molecular formula is C19H36O4. The minimum absolute atomic E-state index is 0.192. The number of rotatable bonds is 10. The van der Waals surface area contributed by atoms with Crippen LogP contribution >= 0.6 is 0 Å². The van der Waals surface area contributed by atoms with Gasteiger partial charge in [-0.1, -0.05) is 54.9 Å². The van der Waals surface area contributed by atoms with Crippen molar-refractivity contribution in [3.8, 4) is 0 Å². The van der Waals surface area contributed by atoms with Crippen molar-refractivity contribution < 1.29 is 19.1 Å². The first kappa shape index (κ1) is 21.9. The number of carbonyl (C=O) groups excluding carboxylic acids is 2. The van der Waals surface area contributed by atoms with Crippen LogP contribution < -0.4 is 0 Å². The zero-order valence-corrected chi connectivity index (χ0v) is 16.2. The first-order chi connectivity index (χ1) is 10.6. The van der Waals surface area contributed by atoms with Crippen LogP contribution in [0.2, 0.25) is 0 Å². The second kappa shape index (κ2) is 9.94. The van der Waals surface area contributed by atoms with Crippen molar-refractivity contribution in [3.63, 3.8) is 0 Å². The molecule has 0 saturated carbocycles. The molecule has 0 aromatic carbocycles. The fourth-order valence-electron chi connectivity index (χ4n) is 2.82. The Labute approximate surface area is 142 Å². The van der Waals surface area contributed by atoms with Gasteiger partial charge in [-0.2, -0.15) is 0 Å². The molecule has 0 aliphatic rings. The molecule has 0 radical (unpaired) electrons. The Bertz CT molecular complexity index is 364. The third-order valence-electron chi connectivity index (χ3n) is 4.18. The van der Waals surface area contributed by atoms with Gasteiger partial charge in [0, 0.05) is 0 Å². The molecular weight excluding hydrogens is 292 g/mol. The van der Waals surface area contributed by atoms with Crippen LogP contribution in [0.3, 0.4) is 0 Å². The number of hydrogen-bond donors (Lipinski definition) is 0. The quantitative estimate of drug-likeness (QED) is 0.330. The highest BCUT2D eigenvalue weighted by atomic mass is 16.6. The lowest BCUT2D eigenvalue weighted by atomic mass is 9.82. The van der Waals surface area contributed by atoms with Crippen LogP contribution in [-0.4, -0.2) is 25.2 Å². The van der Waals surface area contributed by atoms with Crippen LogP contribution in [0, 0.1) is 16.7 Å². The summed E-state index contributed by atoms with van der Waals surface area (Å²) in [5, 5.41) is 0. The molecule has 0 spiro atoms. The Balaban J connectivity index is 4.74. The summed E-state index contributed by atoms with van der Waals surface area (Å²) in [7, 11) is 0. The summed E-state index contributed by atoms with van der Waals surface area (Å²) in [4.78, 5) is 24.9. The van der Waals surface area contributed by atoms with Gasteiger partial charge in [-0.3, -0.25) is 9.59 Å². The third kappa shape index (κ3) is 7.36. The van der Waals surface area contributed by atoms with Gasteiger partial charge in [0.15, 0.2) is 5.41 Å². The van der Waals surface area contributed by atoms with E-state index >= 15 is 0 Å². The average molecular weight is 328 g/mol. The number of unbranched alkanes of at least 4 members (excludes halogenated alkanes) is 1. The van der Waals surface area contributed by atoms with E-state index < -0.39 is 17.4 Å². The molecule has 0 heterocycles. The summed E-state index contributed by atoms with van der Waals surface area (Å²) in [5.74, 6) is -0.615. The average Bonchev–Trinajstić information content (AvgIpc) is 2.45. The first-order valence-electron chi connectivity index (χ1n) is 8.97. The smallest absolute Gasteiger partial charge is 0.323 e. The summed E-state index contributed by atoms with van der Waals surface area (Å²) < 4.78 is 10.8.